The maximum absolute atomic E-state index is 5.67. The highest BCUT2D eigenvalue weighted by atomic mass is 16.5. The molecule has 2 aromatic heterocycles. The highest BCUT2D eigenvalue weighted by Gasteiger charge is 2.22. The zero-order chi connectivity index (χ0) is 19.2. The van der Waals surface area contributed by atoms with Gasteiger partial charge in [-0.05, 0) is 65.8 Å². The zero-order valence-corrected chi connectivity index (χ0v) is 17.1. The summed E-state index contributed by atoms with van der Waals surface area (Å²) in [5.41, 5.74) is 2.39. The molecule has 6 nitrogen and oxygen atoms in total. The molecule has 0 radical (unpaired) electrons. The number of rotatable bonds is 8. The third-order valence-electron chi connectivity index (χ3n) is 5.31. The molecule has 1 N–H and O–H groups in total. The van der Waals surface area contributed by atoms with Gasteiger partial charge in [0.2, 0.25) is 0 Å². The first-order valence-corrected chi connectivity index (χ1v) is 10.1. The predicted molar refractivity (Wildman–Crippen MR) is 108 cm³/mol. The Balaban J connectivity index is 1.50. The summed E-state index contributed by atoms with van der Waals surface area (Å²) in [6, 6.07) is 6.74. The van der Waals surface area contributed by atoms with Crippen molar-refractivity contribution < 1.29 is 4.74 Å². The van der Waals surface area contributed by atoms with E-state index < -0.39 is 0 Å². The van der Waals surface area contributed by atoms with Crippen LogP contribution in [0, 0.1) is 6.92 Å². The first-order valence-electron chi connectivity index (χ1n) is 10.1. The molecule has 1 saturated heterocycles. The third-order valence-corrected chi connectivity index (χ3v) is 5.31. The molecule has 1 unspecified atom stereocenters. The van der Waals surface area contributed by atoms with Crippen molar-refractivity contribution in [3.63, 3.8) is 0 Å². The molecule has 6 heteroatoms. The zero-order valence-electron chi connectivity index (χ0n) is 17.1. The molecule has 27 heavy (non-hydrogen) atoms. The molecule has 0 aliphatic carbocycles. The Kier molecular flexibility index (Phi) is 6.99. The van der Waals surface area contributed by atoms with E-state index in [0.29, 0.717) is 12.1 Å². The second-order valence-corrected chi connectivity index (χ2v) is 7.71. The van der Waals surface area contributed by atoms with Gasteiger partial charge >= 0.3 is 0 Å². The van der Waals surface area contributed by atoms with Crippen LogP contribution in [0.1, 0.15) is 50.9 Å². The number of pyridine rings is 1. The maximum atomic E-state index is 5.67. The average molecular weight is 372 g/mol. The lowest BCUT2D eigenvalue weighted by Crippen LogP contribution is -2.44. The van der Waals surface area contributed by atoms with Crippen LogP contribution < -0.4 is 5.32 Å². The van der Waals surface area contributed by atoms with Crippen LogP contribution in [0.4, 0.5) is 0 Å². The number of ether oxygens (including phenoxy) is 1. The largest absolute Gasteiger partial charge is 0.377 e. The van der Waals surface area contributed by atoms with Crippen molar-refractivity contribution in [1.29, 1.82) is 0 Å². The minimum Gasteiger partial charge on any atom is -0.377 e. The topological polar surface area (TPSA) is 55.2 Å². The van der Waals surface area contributed by atoms with Crippen molar-refractivity contribution in [3.8, 4) is 5.82 Å². The highest BCUT2D eigenvalue weighted by molar-refractivity contribution is 5.29. The summed E-state index contributed by atoms with van der Waals surface area (Å²) in [6.07, 6.45) is 6.46. The van der Waals surface area contributed by atoms with Crippen LogP contribution in [0.3, 0.4) is 0 Å². The van der Waals surface area contributed by atoms with Gasteiger partial charge in [-0.3, -0.25) is 0 Å². The van der Waals surface area contributed by atoms with E-state index in [-0.39, 0.29) is 6.04 Å². The molecule has 0 aromatic carbocycles. The smallest absolute Gasteiger partial charge is 0.153 e. The number of piperidine rings is 1. The van der Waals surface area contributed by atoms with Crippen LogP contribution in [-0.2, 0) is 4.74 Å². The molecule has 0 amide bonds. The van der Waals surface area contributed by atoms with E-state index in [0.717, 1.165) is 37.8 Å². The molecule has 3 rings (SSSR count). The predicted octanol–water partition coefficient (Wildman–Crippen LogP) is 3.12. The first kappa shape index (κ1) is 20.0. The van der Waals surface area contributed by atoms with Gasteiger partial charge in [0.1, 0.15) is 0 Å². The van der Waals surface area contributed by atoms with E-state index in [4.69, 9.17) is 4.74 Å². The van der Waals surface area contributed by atoms with Gasteiger partial charge < -0.3 is 15.0 Å². The van der Waals surface area contributed by atoms with Crippen LogP contribution in [0.2, 0.25) is 0 Å². The highest BCUT2D eigenvalue weighted by Crippen LogP contribution is 2.21. The van der Waals surface area contributed by atoms with Crippen molar-refractivity contribution >= 4 is 0 Å². The molecule has 1 atom stereocenters. The van der Waals surface area contributed by atoms with Crippen LogP contribution in [0.5, 0.6) is 0 Å². The SMILES string of the molecule is Cc1c(C(C)NC2CCN(CCOC(C)C)CC2)cnn1-c1ccccn1. The number of hydrogen-bond acceptors (Lipinski definition) is 5. The van der Waals surface area contributed by atoms with Gasteiger partial charge in [0.25, 0.3) is 0 Å². The second kappa shape index (κ2) is 9.44. The molecular formula is C21H33N5O. The van der Waals surface area contributed by atoms with Crippen LogP contribution in [0.15, 0.2) is 30.6 Å². The number of hydrogen-bond donors (Lipinski definition) is 1. The summed E-state index contributed by atoms with van der Waals surface area (Å²) in [7, 11) is 0. The van der Waals surface area contributed by atoms with Gasteiger partial charge in [-0.25, -0.2) is 9.67 Å². The second-order valence-electron chi connectivity index (χ2n) is 7.71. The summed E-state index contributed by atoms with van der Waals surface area (Å²) in [5.74, 6) is 0.866. The summed E-state index contributed by atoms with van der Waals surface area (Å²) in [4.78, 5) is 6.92. The van der Waals surface area contributed by atoms with E-state index in [1.165, 1.54) is 18.4 Å². The van der Waals surface area contributed by atoms with Gasteiger partial charge in [-0.15, -0.1) is 0 Å². The number of nitrogens with one attached hydrogen (secondary N) is 1. The molecule has 3 heterocycles. The van der Waals surface area contributed by atoms with Crippen molar-refractivity contribution in [2.45, 2.75) is 58.7 Å². The van der Waals surface area contributed by atoms with Gasteiger partial charge in [0, 0.05) is 36.1 Å². The van der Waals surface area contributed by atoms with Gasteiger partial charge in [-0.1, -0.05) is 6.07 Å². The monoisotopic (exact) mass is 371 g/mol. The average Bonchev–Trinajstić information content (AvgIpc) is 3.05. The minimum atomic E-state index is 0.281. The number of nitrogens with zero attached hydrogens (tertiary/aromatic N) is 4. The standard InChI is InChI=1S/C21H33N5O/c1-16(2)27-14-13-25-11-8-19(9-12-25)24-17(3)20-15-23-26(18(20)4)21-7-5-6-10-22-21/h5-7,10,15-17,19,24H,8-9,11-14H2,1-4H3. The molecule has 0 bridgehead atoms. The van der Waals surface area contributed by atoms with Crippen LogP contribution in [0.25, 0.3) is 5.82 Å². The third kappa shape index (κ3) is 5.37. The summed E-state index contributed by atoms with van der Waals surface area (Å²) in [5, 5.41) is 8.36. The van der Waals surface area contributed by atoms with E-state index >= 15 is 0 Å². The van der Waals surface area contributed by atoms with Crippen molar-refractivity contribution in [1.82, 2.24) is 25.0 Å². The molecule has 1 aliphatic rings. The molecule has 148 valence electrons. The Morgan fingerprint density at radius 1 is 1.22 bits per heavy atom. The molecule has 1 aliphatic heterocycles. The van der Waals surface area contributed by atoms with Crippen molar-refractivity contribution in [2.24, 2.45) is 0 Å². The maximum Gasteiger partial charge on any atom is 0.153 e. The lowest BCUT2D eigenvalue weighted by Gasteiger charge is -2.34. The Morgan fingerprint density at radius 2 is 2.00 bits per heavy atom. The fourth-order valence-electron chi connectivity index (χ4n) is 3.74. The molecule has 2 aromatic rings. The molecule has 0 spiro atoms. The van der Waals surface area contributed by atoms with Crippen molar-refractivity contribution in [2.75, 3.05) is 26.2 Å². The Bertz CT molecular complexity index is 692. The van der Waals surface area contributed by atoms with E-state index in [9.17, 15) is 0 Å². The lowest BCUT2D eigenvalue weighted by atomic mass is 10.0. The fraction of sp³-hybridized carbons (Fsp3) is 0.619. The quantitative estimate of drug-likeness (QED) is 0.773. The van der Waals surface area contributed by atoms with Gasteiger partial charge in [-0.2, -0.15) is 5.10 Å². The molecular weight excluding hydrogens is 338 g/mol. The van der Waals surface area contributed by atoms with E-state index in [1.54, 1.807) is 6.20 Å². The lowest BCUT2D eigenvalue weighted by molar-refractivity contribution is 0.0523. The van der Waals surface area contributed by atoms with E-state index in [1.807, 2.05) is 29.1 Å². The summed E-state index contributed by atoms with van der Waals surface area (Å²) < 4.78 is 7.60. The molecule has 0 saturated carbocycles. The fourth-order valence-corrected chi connectivity index (χ4v) is 3.74. The van der Waals surface area contributed by atoms with E-state index in [2.05, 4.69) is 48.0 Å². The Morgan fingerprint density at radius 3 is 2.67 bits per heavy atom. The van der Waals surface area contributed by atoms with Gasteiger partial charge in [0.05, 0.1) is 18.9 Å². The van der Waals surface area contributed by atoms with Crippen LogP contribution in [-0.4, -0.2) is 58.1 Å². The van der Waals surface area contributed by atoms with Crippen molar-refractivity contribution in [3.05, 3.63) is 41.9 Å². The molecule has 1 fully saturated rings. The minimum absolute atomic E-state index is 0.281. The normalized spacial score (nSPS) is 17.5. The summed E-state index contributed by atoms with van der Waals surface area (Å²) in [6.45, 7) is 12.7. The number of likely N-dealkylation sites (tertiary alicyclic amines) is 1. The Labute approximate surface area is 162 Å². The number of aromatic nitrogens is 3. The Hall–Kier alpha value is -1.76. The summed E-state index contributed by atoms with van der Waals surface area (Å²) >= 11 is 0. The first-order chi connectivity index (χ1) is 13.0. The van der Waals surface area contributed by atoms with Crippen LogP contribution >= 0.6 is 0 Å². The van der Waals surface area contributed by atoms with Gasteiger partial charge in [0.15, 0.2) is 5.82 Å².